The van der Waals surface area contributed by atoms with Gasteiger partial charge in [-0.3, -0.25) is 0 Å². The summed E-state index contributed by atoms with van der Waals surface area (Å²) in [6, 6.07) is 0. The maximum atomic E-state index is 5.80. The summed E-state index contributed by atoms with van der Waals surface area (Å²) in [5, 5.41) is 0. The molecule has 0 bridgehead atoms. The van der Waals surface area contributed by atoms with Crippen LogP contribution in [-0.2, 0) is 0 Å². The van der Waals surface area contributed by atoms with Crippen LogP contribution in [-0.4, -0.2) is 11.8 Å². The van der Waals surface area contributed by atoms with Gasteiger partial charge in [-0.25, -0.2) is 0 Å². The van der Waals surface area contributed by atoms with E-state index in [-0.39, 0.29) is 0 Å². The van der Waals surface area contributed by atoms with Crippen LogP contribution in [0.25, 0.3) is 0 Å². The molecule has 0 heterocycles. The molecular formula is C9H18Cl2. The van der Waals surface area contributed by atoms with Gasteiger partial charge in [0.2, 0.25) is 0 Å². The van der Waals surface area contributed by atoms with Crippen LogP contribution in [0.1, 0.15) is 33.1 Å². The molecular weight excluding hydrogens is 179 g/mol. The van der Waals surface area contributed by atoms with Crippen molar-refractivity contribution in [2.24, 2.45) is 11.8 Å². The second-order valence-corrected chi connectivity index (χ2v) is 3.92. The molecule has 0 aromatic heterocycles. The third kappa shape index (κ3) is 5.81. The van der Waals surface area contributed by atoms with E-state index in [2.05, 4.69) is 13.8 Å². The molecule has 0 fully saturated rings. The van der Waals surface area contributed by atoms with Crippen molar-refractivity contribution < 1.29 is 0 Å². The summed E-state index contributed by atoms with van der Waals surface area (Å²) in [6.07, 6.45) is 3.65. The minimum Gasteiger partial charge on any atom is -0.126 e. The van der Waals surface area contributed by atoms with Gasteiger partial charge in [-0.2, -0.15) is 0 Å². The molecule has 2 atom stereocenters. The fraction of sp³-hybridized carbons (Fsp3) is 1.00. The van der Waals surface area contributed by atoms with Crippen LogP contribution < -0.4 is 0 Å². The van der Waals surface area contributed by atoms with E-state index >= 15 is 0 Å². The second-order valence-electron chi connectivity index (χ2n) is 3.30. The van der Waals surface area contributed by atoms with Gasteiger partial charge in [0.1, 0.15) is 0 Å². The zero-order valence-electron chi connectivity index (χ0n) is 7.45. The van der Waals surface area contributed by atoms with Crippen LogP contribution in [0.4, 0.5) is 0 Å². The standard InChI is InChI=1S/C9H18Cl2/c1-3-4-9(7-11)5-8(2)6-10/h8-9H,3-7H2,1-2H3. The van der Waals surface area contributed by atoms with E-state index in [0.717, 1.165) is 11.8 Å². The molecule has 0 aromatic carbocycles. The van der Waals surface area contributed by atoms with E-state index in [0.29, 0.717) is 11.8 Å². The molecule has 0 saturated carbocycles. The lowest BCUT2D eigenvalue weighted by Crippen LogP contribution is -2.08. The first-order chi connectivity index (χ1) is 5.24. The summed E-state index contributed by atoms with van der Waals surface area (Å²) in [7, 11) is 0. The Kier molecular flexibility index (Phi) is 7.62. The first kappa shape index (κ1) is 11.6. The van der Waals surface area contributed by atoms with Gasteiger partial charge in [-0.1, -0.05) is 20.3 Å². The molecule has 0 nitrogen and oxygen atoms in total. The Morgan fingerprint density at radius 2 is 1.82 bits per heavy atom. The van der Waals surface area contributed by atoms with Gasteiger partial charge < -0.3 is 0 Å². The summed E-state index contributed by atoms with van der Waals surface area (Å²) in [4.78, 5) is 0. The molecule has 0 aliphatic rings. The fourth-order valence-electron chi connectivity index (χ4n) is 1.30. The zero-order chi connectivity index (χ0) is 8.69. The van der Waals surface area contributed by atoms with Crippen LogP contribution >= 0.6 is 23.2 Å². The van der Waals surface area contributed by atoms with Gasteiger partial charge in [0, 0.05) is 11.8 Å². The minimum absolute atomic E-state index is 0.618. The highest BCUT2D eigenvalue weighted by atomic mass is 35.5. The van der Waals surface area contributed by atoms with Crippen LogP contribution in [0.15, 0.2) is 0 Å². The van der Waals surface area contributed by atoms with Gasteiger partial charge in [0.05, 0.1) is 0 Å². The summed E-state index contributed by atoms with van der Waals surface area (Å²) in [5.41, 5.74) is 0. The maximum absolute atomic E-state index is 5.80. The van der Waals surface area contributed by atoms with Gasteiger partial charge in [-0.15, -0.1) is 23.2 Å². The van der Waals surface area contributed by atoms with E-state index in [1.807, 2.05) is 0 Å². The Morgan fingerprint density at radius 3 is 2.18 bits per heavy atom. The van der Waals surface area contributed by atoms with Crippen LogP contribution in [0.2, 0.25) is 0 Å². The molecule has 0 rings (SSSR count). The van der Waals surface area contributed by atoms with Crippen molar-refractivity contribution in [1.82, 2.24) is 0 Å². The molecule has 0 aliphatic heterocycles. The zero-order valence-corrected chi connectivity index (χ0v) is 8.96. The average molecular weight is 197 g/mol. The number of rotatable bonds is 6. The van der Waals surface area contributed by atoms with Crippen molar-refractivity contribution >= 4 is 23.2 Å². The molecule has 0 spiro atoms. The highest BCUT2D eigenvalue weighted by Crippen LogP contribution is 2.19. The second kappa shape index (κ2) is 7.24. The van der Waals surface area contributed by atoms with Crippen molar-refractivity contribution in [3.05, 3.63) is 0 Å². The van der Waals surface area contributed by atoms with E-state index in [1.165, 1.54) is 19.3 Å². The van der Waals surface area contributed by atoms with E-state index in [1.54, 1.807) is 0 Å². The van der Waals surface area contributed by atoms with Crippen molar-refractivity contribution in [3.63, 3.8) is 0 Å². The summed E-state index contributed by atoms with van der Waals surface area (Å²) in [6.45, 7) is 4.38. The predicted molar refractivity (Wildman–Crippen MR) is 53.6 cm³/mol. The first-order valence-corrected chi connectivity index (χ1v) is 5.43. The number of halogens is 2. The van der Waals surface area contributed by atoms with E-state index < -0.39 is 0 Å². The Morgan fingerprint density at radius 1 is 1.18 bits per heavy atom. The normalized spacial score (nSPS) is 16.4. The Hall–Kier alpha value is 0.580. The predicted octanol–water partition coefficient (Wildman–Crippen LogP) is 3.91. The van der Waals surface area contributed by atoms with Crippen LogP contribution in [0.5, 0.6) is 0 Å². The van der Waals surface area contributed by atoms with Crippen molar-refractivity contribution in [2.45, 2.75) is 33.1 Å². The van der Waals surface area contributed by atoms with E-state index in [4.69, 9.17) is 23.2 Å². The smallest absolute Gasteiger partial charge is 0.0251 e. The number of hydrogen-bond donors (Lipinski definition) is 0. The Balaban J connectivity index is 3.49. The number of alkyl halides is 2. The lowest BCUT2D eigenvalue weighted by atomic mass is 9.95. The molecule has 0 saturated heterocycles. The molecule has 0 aliphatic carbocycles. The molecule has 0 N–H and O–H groups in total. The van der Waals surface area contributed by atoms with Crippen LogP contribution in [0.3, 0.4) is 0 Å². The Labute approximate surface area is 80.3 Å². The lowest BCUT2D eigenvalue weighted by molar-refractivity contribution is 0.418. The fourth-order valence-corrected chi connectivity index (χ4v) is 1.70. The summed E-state index contributed by atoms with van der Waals surface area (Å²) >= 11 is 11.5. The number of hydrogen-bond acceptors (Lipinski definition) is 0. The van der Waals surface area contributed by atoms with Gasteiger partial charge in [-0.05, 0) is 24.7 Å². The van der Waals surface area contributed by atoms with Crippen LogP contribution in [0, 0.1) is 11.8 Å². The third-order valence-corrected chi connectivity index (χ3v) is 2.88. The van der Waals surface area contributed by atoms with E-state index in [9.17, 15) is 0 Å². The van der Waals surface area contributed by atoms with Crippen molar-refractivity contribution in [1.29, 1.82) is 0 Å². The highest BCUT2D eigenvalue weighted by Gasteiger charge is 2.10. The molecule has 0 amide bonds. The largest absolute Gasteiger partial charge is 0.126 e. The maximum Gasteiger partial charge on any atom is 0.0251 e. The topological polar surface area (TPSA) is 0 Å². The monoisotopic (exact) mass is 196 g/mol. The first-order valence-electron chi connectivity index (χ1n) is 4.36. The molecule has 2 unspecified atom stereocenters. The molecule has 0 radical (unpaired) electrons. The highest BCUT2D eigenvalue weighted by molar-refractivity contribution is 6.18. The Bertz CT molecular complexity index is 83.6. The quantitative estimate of drug-likeness (QED) is 0.566. The average Bonchev–Trinajstić information content (AvgIpc) is 2.03. The molecule has 0 aromatic rings. The lowest BCUT2D eigenvalue weighted by Gasteiger charge is -2.15. The minimum atomic E-state index is 0.618. The molecule has 68 valence electrons. The molecule has 2 heteroatoms. The summed E-state index contributed by atoms with van der Waals surface area (Å²) in [5.74, 6) is 2.84. The van der Waals surface area contributed by atoms with Crippen molar-refractivity contribution in [3.8, 4) is 0 Å². The van der Waals surface area contributed by atoms with Crippen molar-refractivity contribution in [2.75, 3.05) is 11.8 Å². The molecule has 11 heavy (non-hydrogen) atoms. The SMILES string of the molecule is CCCC(CCl)CC(C)CCl. The van der Waals surface area contributed by atoms with Gasteiger partial charge >= 0.3 is 0 Å². The summed E-state index contributed by atoms with van der Waals surface area (Å²) < 4.78 is 0. The third-order valence-electron chi connectivity index (χ3n) is 1.91. The van der Waals surface area contributed by atoms with Gasteiger partial charge in [0.25, 0.3) is 0 Å². The van der Waals surface area contributed by atoms with Gasteiger partial charge in [0.15, 0.2) is 0 Å².